The Kier molecular flexibility index (Phi) is 4.21. The Morgan fingerprint density at radius 2 is 2.26 bits per heavy atom. The lowest BCUT2D eigenvalue weighted by molar-refractivity contribution is 0.0696. The van der Waals surface area contributed by atoms with Gasteiger partial charge in [0.05, 0.1) is 23.9 Å². The second-order valence-electron chi connectivity index (χ2n) is 4.82. The molecule has 0 spiro atoms. The lowest BCUT2D eigenvalue weighted by Crippen LogP contribution is -2.38. The number of aliphatic hydroxyl groups is 1. The molecule has 0 bridgehead atoms. The first-order valence-electron chi connectivity index (χ1n) is 6.49. The smallest absolute Gasteiger partial charge is 0.337 e. The van der Waals surface area contributed by atoms with Crippen LogP contribution in [0.4, 0.5) is 11.5 Å². The van der Waals surface area contributed by atoms with Crippen molar-refractivity contribution in [1.29, 1.82) is 0 Å². The lowest BCUT2D eigenvalue weighted by atomic mass is 10.1. The molecule has 6 heteroatoms. The van der Waals surface area contributed by atoms with Gasteiger partial charge < -0.3 is 20.8 Å². The van der Waals surface area contributed by atoms with E-state index in [4.69, 9.17) is 10.8 Å². The lowest BCUT2D eigenvalue weighted by Gasteiger charge is -2.30. The number of pyridine rings is 1. The van der Waals surface area contributed by atoms with E-state index in [9.17, 15) is 9.90 Å². The average Bonchev–Trinajstić information content (AvgIpc) is 2.63. The summed E-state index contributed by atoms with van der Waals surface area (Å²) < 4.78 is 0. The van der Waals surface area contributed by atoms with E-state index in [0.29, 0.717) is 11.5 Å². The standard InChI is InChI=1S/C13H19N3O3/c14-11-6-9(13(18)19)7-15-12(11)16-5-3-1-2-4-10(16)8-17/h6-7,10,17H,1-5,8,14H2,(H,18,19). The van der Waals surface area contributed by atoms with Crippen LogP contribution in [0.5, 0.6) is 0 Å². The summed E-state index contributed by atoms with van der Waals surface area (Å²) in [5.41, 5.74) is 6.34. The van der Waals surface area contributed by atoms with E-state index in [2.05, 4.69) is 4.98 Å². The molecule has 104 valence electrons. The van der Waals surface area contributed by atoms with Crippen molar-refractivity contribution < 1.29 is 15.0 Å². The minimum absolute atomic E-state index is 0.00739. The van der Waals surface area contributed by atoms with Crippen LogP contribution in [-0.4, -0.2) is 40.4 Å². The van der Waals surface area contributed by atoms with Gasteiger partial charge >= 0.3 is 5.97 Å². The Balaban J connectivity index is 2.30. The number of hydrogen-bond donors (Lipinski definition) is 3. The highest BCUT2D eigenvalue weighted by Crippen LogP contribution is 2.27. The van der Waals surface area contributed by atoms with Crippen molar-refractivity contribution in [3.63, 3.8) is 0 Å². The summed E-state index contributed by atoms with van der Waals surface area (Å²) >= 11 is 0. The highest BCUT2D eigenvalue weighted by molar-refractivity contribution is 5.89. The molecule has 2 rings (SSSR count). The van der Waals surface area contributed by atoms with Crippen molar-refractivity contribution in [2.24, 2.45) is 0 Å². The number of aromatic carboxylic acids is 1. The van der Waals surface area contributed by atoms with Crippen LogP contribution in [0.2, 0.25) is 0 Å². The van der Waals surface area contributed by atoms with Gasteiger partial charge in [-0.2, -0.15) is 0 Å². The van der Waals surface area contributed by atoms with Gasteiger partial charge in [-0.15, -0.1) is 0 Å². The number of carbonyl (C=O) groups is 1. The normalized spacial score (nSPS) is 20.1. The summed E-state index contributed by atoms with van der Waals surface area (Å²) in [6.07, 6.45) is 5.44. The van der Waals surface area contributed by atoms with Crippen LogP contribution >= 0.6 is 0 Å². The molecule has 1 atom stereocenters. The molecule has 0 saturated carbocycles. The van der Waals surface area contributed by atoms with Crippen molar-refractivity contribution in [2.75, 3.05) is 23.8 Å². The molecule has 0 radical (unpaired) electrons. The minimum Gasteiger partial charge on any atom is -0.478 e. The van der Waals surface area contributed by atoms with Crippen LogP contribution in [0.25, 0.3) is 0 Å². The van der Waals surface area contributed by atoms with Gasteiger partial charge in [0.25, 0.3) is 0 Å². The summed E-state index contributed by atoms with van der Waals surface area (Å²) in [7, 11) is 0. The molecule has 0 aliphatic carbocycles. The number of nitrogens with two attached hydrogens (primary N) is 1. The number of aliphatic hydroxyl groups excluding tert-OH is 1. The fraction of sp³-hybridized carbons (Fsp3) is 0.538. The van der Waals surface area contributed by atoms with Crippen molar-refractivity contribution in [1.82, 2.24) is 4.98 Å². The highest BCUT2D eigenvalue weighted by atomic mass is 16.4. The molecule has 1 aromatic heterocycles. The zero-order valence-corrected chi connectivity index (χ0v) is 10.7. The van der Waals surface area contributed by atoms with Crippen LogP contribution in [-0.2, 0) is 0 Å². The maximum Gasteiger partial charge on any atom is 0.337 e. The van der Waals surface area contributed by atoms with Gasteiger partial charge in [-0.25, -0.2) is 9.78 Å². The SMILES string of the molecule is Nc1cc(C(=O)O)cnc1N1CCCCCC1CO. The molecule has 1 aliphatic rings. The van der Waals surface area contributed by atoms with Crippen molar-refractivity contribution in [2.45, 2.75) is 31.7 Å². The number of carboxylic acid groups (broad SMARTS) is 1. The summed E-state index contributed by atoms with van der Waals surface area (Å²) in [5.74, 6) is -0.466. The third-order valence-electron chi connectivity index (χ3n) is 3.50. The van der Waals surface area contributed by atoms with Gasteiger partial charge in [-0.3, -0.25) is 0 Å². The van der Waals surface area contributed by atoms with E-state index < -0.39 is 5.97 Å². The van der Waals surface area contributed by atoms with Crippen molar-refractivity contribution >= 4 is 17.5 Å². The number of hydrogen-bond acceptors (Lipinski definition) is 5. The van der Waals surface area contributed by atoms with Crippen LogP contribution in [0, 0.1) is 0 Å². The molecule has 0 amide bonds. The molecule has 19 heavy (non-hydrogen) atoms. The van der Waals surface area contributed by atoms with Gasteiger partial charge in [0.1, 0.15) is 0 Å². The largest absolute Gasteiger partial charge is 0.478 e. The number of anilines is 2. The summed E-state index contributed by atoms with van der Waals surface area (Å²) in [5, 5.41) is 18.4. The molecule has 1 aliphatic heterocycles. The second kappa shape index (κ2) is 5.88. The summed E-state index contributed by atoms with van der Waals surface area (Å²) in [6.45, 7) is 0.844. The molecule has 1 fully saturated rings. The highest BCUT2D eigenvalue weighted by Gasteiger charge is 2.23. The van der Waals surface area contributed by atoms with E-state index in [-0.39, 0.29) is 18.2 Å². The van der Waals surface area contributed by atoms with Gasteiger partial charge in [-0.1, -0.05) is 12.8 Å². The number of nitrogen functional groups attached to an aromatic ring is 1. The van der Waals surface area contributed by atoms with E-state index in [1.54, 1.807) is 0 Å². The van der Waals surface area contributed by atoms with E-state index in [1.807, 2.05) is 4.90 Å². The zero-order chi connectivity index (χ0) is 13.8. The van der Waals surface area contributed by atoms with Crippen LogP contribution in [0.1, 0.15) is 36.0 Å². The van der Waals surface area contributed by atoms with Crippen molar-refractivity contribution in [3.05, 3.63) is 17.8 Å². The first kappa shape index (κ1) is 13.6. The molecule has 2 heterocycles. The van der Waals surface area contributed by atoms with Crippen LogP contribution in [0.15, 0.2) is 12.3 Å². The Hall–Kier alpha value is -1.82. The quantitative estimate of drug-likeness (QED) is 0.757. The number of rotatable bonds is 3. The van der Waals surface area contributed by atoms with Gasteiger partial charge in [0, 0.05) is 12.7 Å². The van der Waals surface area contributed by atoms with Crippen molar-refractivity contribution in [3.8, 4) is 0 Å². The van der Waals surface area contributed by atoms with E-state index in [1.165, 1.54) is 12.3 Å². The molecule has 4 N–H and O–H groups in total. The fourth-order valence-electron chi connectivity index (χ4n) is 2.48. The van der Waals surface area contributed by atoms with E-state index in [0.717, 1.165) is 32.2 Å². The second-order valence-corrected chi connectivity index (χ2v) is 4.82. The Labute approximate surface area is 111 Å². The predicted octanol–water partition coefficient (Wildman–Crippen LogP) is 1.10. The van der Waals surface area contributed by atoms with Crippen LogP contribution in [0.3, 0.4) is 0 Å². The summed E-state index contributed by atoms with van der Waals surface area (Å²) in [6, 6.07) is 1.43. The average molecular weight is 265 g/mol. The molecule has 6 nitrogen and oxygen atoms in total. The Bertz CT molecular complexity index is 464. The molecule has 0 aromatic carbocycles. The maximum absolute atomic E-state index is 10.9. The van der Waals surface area contributed by atoms with Crippen LogP contribution < -0.4 is 10.6 Å². The molecule has 1 aromatic rings. The number of aromatic nitrogens is 1. The first-order chi connectivity index (χ1) is 9.13. The van der Waals surface area contributed by atoms with Gasteiger partial charge in [0.15, 0.2) is 5.82 Å². The van der Waals surface area contributed by atoms with Gasteiger partial charge in [0.2, 0.25) is 0 Å². The third kappa shape index (κ3) is 2.96. The topological polar surface area (TPSA) is 99.7 Å². The Morgan fingerprint density at radius 1 is 1.47 bits per heavy atom. The number of carboxylic acids is 1. The third-order valence-corrected chi connectivity index (χ3v) is 3.50. The molecule has 1 unspecified atom stereocenters. The fourth-order valence-corrected chi connectivity index (χ4v) is 2.48. The maximum atomic E-state index is 10.9. The Morgan fingerprint density at radius 3 is 2.89 bits per heavy atom. The summed E-state index contributed by atoms with van der Waals surface area (Å²) in [4.78, 5) is 17.0. The zero-order valence-electron chi connectivity index (χ0n) is 10.7. The van der Waals surface area contributed by atoms with E-state index >= 15 is 0 Å². The van der Waals surface area contributed by atoms with Gasteiger partial charge in [-0.05, 0) is 18.9 Å². The number of nitrogens with zero attached hydrogens (tertiary/aromatic N) is 2. The molecular formula is C13H19N3O3. The molecule has 1 saturated heterocycles. The minimum atomic E-state index is -1.04. The monoisotopic (exact) mass is 265 g/mol. The first-order valence-corrected chi connectivity index (χ1v) is 6.49. The predicted molar refractivity (Wildman–Crippen MR) is 72.3 cm³/mol. The molecular weight excluding hydrogens is 246 g/mol.